The third-order valence-corrected chi connectivity index (χ3v) is 8.33. The van der Waals surface area contributed by atoms with Gasteiger partial charge in [-0.3, -0.25) is 4.79 Å². The lowest BCUT2D eigenvalue weighted by molar-refractivity contribution is 0.0730. The third-order valence-electron chi connectivity index (χ3n) is 7.06. The molecule has 0 bridgehead atoms. The van der Waals surface area contributed by atoms with E-state index in [9.17, 15) is 14.0 Å². The summed E-state index contributed by atoms with van der Waals surface area (Å²) >= 11 is 1.53. The van der Waals surface area contributed by atoms with Crippen LogP contribution in [0.1, 0.15) is 47.1 Å². The van der Waals surface area contributed by atoms with Crippen LogP contribution in [0, 0.1) is 5.82 Å². The summed E-state index contributed by atoms with van der Waals surface area (Å²) in [5.41, 5.74) is 2.19. The Bertz CT molecular complexity index is 1470. The summed E-state index contributed by atoms with van der Waals surface area (Å²) in [6.45, 7) is 0.892. The minimum absolute atomic E-state index is 0.144. The molecule has 37 heavy (non-hydrogen) atoms. The highest BCUT2D eigenvalue weighted by atomic mass is 32.1. The Balaban J connectivity index is 1.16. The Morgan fingerprint density at radius 3 is 2.70 bits per heavy atom. The molecule has 1 N–H and O–H groups in total. The van der Waals surface area contributed by atoms with E-state index in [1.54, 1.807) is 23.2 Å². The molecule has 6 rings (SSSR count). The molecule has 2 amide bonds. The Morgan fingerprint density at radius 1 is 1.14 bits per heavy atom. The summed E-state index contributed by atoms with van der Waals surface area (Å²) in [6, 6.07) is 13.8. The Labute approximate surface area is 217 Å². The van der Waals surface area contributed by atoms with Crippen molar-refractivity contribution in [3.8, 4) is 16.2 Å². The summed E-state index contributed by atoms with van der Waals surface area (Å²) in [5, 5.41) is 4.68. The highest BCUT2D eigenvalue weighted by Gasteiger charge is 2.35. The molecule has 1 atom stereocenters. The second-order valence-corrected chi connectivity index (χ2v) is 10.7. The summed E-state index contributed by atoms with van der Waals surface area (Å²) in [4.78, 5) is 33.7. The minimum Gasteiger partial charge on any atom is -0.408 e. The number of amides is 2. The zero-order chi connectivity index (χ0) is 25.5. The smallest absolute Gasteiger partial charge is 0.408 e. The number of hydrogen-bond acceptors (Lipinski definition) is 5. The molecule has 9 heteroatoms. The molecule has 3 heterocycles. The number of thiazole rings is 1. The van der Waals surface area contributed by atoms with Crippen LogP contribution >= 0.6 is 11.3 Å². The molecule has 4 aromatic rings. The van der Waals surface area contributed by atoms with Crippen molar-refractivity contribution in [3.05, 3.63) is 71.2 Å². The average molecular weight is 519 g/mol. The van der Waals surface area contributed by atoms with Gasteiger partial charge in [0.05, 0.1) is 15.4 Å². The number of para-hydroxylation sites is 1. The molecule has 2 aromatic carbocycles. The van der Waals surface area contributed by atoms with Crippen LogP contribution in [0.5, 0.6) is 5.75 Å². The lowest BCUT2D eigenvalue weighted by Crippen LogP contribution is -2.44. The van der Waals surface area contributed by atoms with Gasteiger partial charge in [0.15, 0.2) is 5.75 Å². The molecular formula is C28H27FN4O3S. The number of ether oxygens (including phenoxy) is 1. The largest absolute Gasteiger partial charge is 0.412 e. The quantitative estimate of drug-likeness (QED) is 0.355. The van der Waals surface area contributed by atoms with Gasteiger partial charge in [0, 0.05) is 43.7 Å². The van der Waals surface area contributed by atoms with Gasteiger partial charge in [-0.1, -0.05) is 24.3 Å². The number of halogens is 1. The SMILES string of the molecule is Cn1cc(OC(=O)NC[C@@H]2CCCN2C(=O)c2nc(C3CC3)sc2-c2ccc(F)cc2)c2ccccc21. The fraction of sp³-hybridized carbons (Fsp3) is 0.321. The zero-order valence-corrected chi connectivity index (χ0v) is 21.3. The average Bonchev–Trinajstić information content (AvgIpc) is 3.35. The van der Waals surface area contributed by atoms with Crippen LogP contribution in [0.2, 0.25) is 0 Å². The van der Waals surface area contributed by atoms with Crippen LogP contribution in [-0.2, 0) is 7.05 Å². The maximum absolute atomic E-state index is 13.7. The van der Waals surface area contributed by atoms with E-state index < -0.39 is 6.09 Å². The van der Waals surface area contributed by atoms with Gasteiger partial charge in [-0.2, -0.15) is 0 Å². The molecule has 0 radical (unpaired) electrons. The number of hydrogen-bond donors (Lipinski definition) is 1. The van der Waals surface area contributed by atoms with E-state index in [2.05, 4.69) is 5.32 Å². The molecule has 7 nitrogen and oxygen atoms in total. The highest BCUT2D eigenvalue weighted by molar-refractivity contribution is 7.15. The first kappa shape index (κ1) is 23.7. The van der Waals surface area contributed by atoms with Gasteiger partial charge in [0.1, 0.15) is 11.5 Å². The van der Waals surface area contributed by atoms with Crippen molar-refractivity contribution >= 4 is 34.2 Å². The predicted octanol–water partition coefficient (Wildman–Crippen LogP) is 5.71. The highest BCUT2D eigenvalue weighted by Crippen LogP contribution is 2.45. The Kier molecular flexibility index (Phi) is 6.16. The summed E-state index contributed by atoms with van der Waals surface area (Å²) < 4.78 is 21.0. The first-order valence-electron chi connectivity index (χ1n) is 12.6. The Hall–Kier alpha value is -3.72. The van der Waals surface area contributed by atoms with Gasteiger partial charge in [0.2, 0.25) is 0 Å². The van der Waals surface area contributed by atoms with Crippen molar-refractivity contribution in [1.29, 1.82) is 0 Å². The van der Waals surface area contributed by atoms with E-state index in [1.807, 2.05) is 35.9 Å². The van der Waals surface area contributed by atoms with Crippen LogP contribution in [-0.4, -0.2) is 45.6 Å². The third kappa shape index (κ3) is 4.71. The van der Waals surface area contributed by atoms with Gasteiger partial charge in [-0.25, -0.2) is 14.2 Å². The number of fused-ring (bicyclic) bond motifs is 1. The van der Waals surface area contributed by atoms with Crippen molar-refractivity contribution in [1.82, 2.24) is 19.8 Å². The zero-order valence-electron chi connectivity index (χ0n) is 20.4. The molecule has 1 saturated carbocycles. The number of aromatic nitrogens is 2. The van der Waals surface area contributed by atoms with Gasteiger partial charge < -0.3 is 19.5 Å². The van der Waals surface area contributed by atoms with Gasteiger partial charge >= 0.3 is 6.09 Å². The van der Waals surface area contributed by atoms with Crippen LogP contribution in [0.15, 0.2) is 54.7 Å². The fourth-order valence-corrected chi connectivity index (χ4v) is 6.19. The lowest BCUT2D eigenvalue weighted by atomic mass is 10.1. The summed E-state index contributed by atoms with van der Waals surface area (Å²) in [7, 11) is 1.91. The molecular weight excluding hydrogens is 491 g/mol. The molecule has 2 aliphatic rings. The van der Waals surface area contributed by atoms with E-state index >= 15 is 0 Å². The van der Waals surface area contributed by atoms with Crippen LogP contribution < -0.4 is 10.1 Å². The molecule has 1 aliphatic carbocycles. The maximum atomic E-state index is 13.7. The van der Waals surface area contributed by atoms with Gasteiger partial charge in [-0.15, -0.1) is 11.3 Å². The van der Waals surface area contributed by atoms with E-state index in [4.69, 9.17) is 9.72 Å². The number of likely N-dealkylation sites (tertiary alicyclic amines) is 1. The van der Waals surface area contributed by atoms with Crippen molar-refractivity contribution in [2.24, 2.45) is 7.05 Å². The molecule has 0 unspecified atom stereocenters. The van der Waals surface area contributed by atoms with Gasteiger partial charge in [-0.05, 0) is 55.5 Å². The second kappa shape index (κ2) is 9.63. The van der Waals surface area contributed by atoms with Crippen molar-refractivity contribution in [2.75, 3.05) is 13.1 Å². The van der Waals surface area contributed by atoms with E-state index in [-0.39, 0.29) is 17.8 Å². The number of carbonyl (C=O) groups is 2. The number of carbonyl (C=O) groups excluding carboxylic acids is 2. The first-order valence-corrected chi connectivity index (χ1v) is 13.4. The predicted molar refractivity (Wildman–Crippen MR) is 140 cm³/mol. The van der Waals surface area contributed by atoms with Crippen LogP contribution in [0.25, 0.3) is 21.3 Å². The second-order valence-electron chi connectivity index (χ2n) is 9.70. The summed E-state index contributed by atoms with van der Waals surface area (Å²) in [5.74, 6) is 0.443. The van der Waals surface area contributed by atoms with Crippen molar-refractivity contribution < 1.29 is 18.7 Å². The standard InChI is InChI=1S/C28H27FN4O3S/c1-32-16-23(21-6-2-3-7-22(21)32)36-28(35)30-15-20-5-4-14-33(20)27(34)24-25(17-10-12-19(29)13-11-17)37-26(31-24)18-8-9-18/h2-3,6-7,10-13,16,18,20H,4-5,8-9,14-15H2,1H3,(H,30,35)/t20-/m0/s1. The molecule has 1 aliphatic heterocycles. The summed E-state index contributed by atoms with van der Waals surface area (Å²) in [6.07, 6.45) is 5.03. The van der Waals surface area contributed by atoms with Gasteiger partial charge in [0.25, 0.3) is 5.91 Å². The molecule has 2 aromatic heterocycles. The molecule has 190 valence electrons. The lowest BCUT2D eigenvalue weighted by Gasteiger charge is -2.24. The number of rotatable bonds is 6. The molecule has 2 fully saturated rings. The minimum atomic E-state index is -0.549. The Morgan fingerprint density at radius 2 is 1.92 bits per heavy atom. The van der Waals surface area contributed by atoms with E-state index in [0.717, 1.165) is 52.0 Å². The monoisotopic (exact) mass is 518 g/mol. The van der Waals surface area contributed by atoms with E-state index in [0.29, 0.717) is 30.5 Å². The van der Waals surface area contributed by atoms with Crippen LogP contribution in [0.4, 0.5) is 9.18 Å². The van der Waals surface area contributed by atoms with E-state index in [1.165, 1.54) is 23.5 Å². The van der Waals surface area contributed by atoms with Crippen LogP contribution in [0.3, 0.4) is 0 Å². The fourth-order valence-electron chi connectivity index (χ4n) is 4.96. The number of nitrogens with one attached hydrogen (secondary N) is 1. The number of benzene rings is 2. The number of aryl methyl sites for hydroxylation is 1. The normalized spacial score (nSPS) is 17.4. The van der Waals surface area contributed by atoms with Crippen molar-refractivity contribution in [3.63, 3.8) is 0 Å². The maximum Gasteiger partial charge on any atom is 0.412 e. The first-order chi connectivity index (χ1) is 18.0. The molecule has 1 saturated heterocycles. The van der Waals surface area contributed by atoms with Crippen molar-refractivity contribution in [2.45, 2.75) is 37.6 Å². The molecule has 0 spiro atoms. The topological polar surface area (TPSA) is 76.5 Å². The number of nitrogens with zero attached hydrogens (tertiary/aromatic N) is 3.